The Kier molecular flexibility index (Phi) is 8.02. The summed E-state index contributed by atoms with van der Waals surface area (Å²) >= 11 is 0. The van der Waals surface area contributed by atoms with Gasteiger partial charge < -0.3 is 9.47 Å². The van der Waals surface area contributed by atoms with E-state index in [9.17, 15) is 13.2 Å². The van der Waals surface area contributed by atoms with Gasteiger partial charge in [0, 0.05) is 0 Å². The topological polar surface area (TPSA) is 97.3 Å². The molecule has 0 atom stereocenters. The molecule has 8 nitrogen and oxygen atoms in total. The predicted molar refractivity (Wildman–Crippen MR) is 113 cm³/mol. The van der Waals surface area contributed by atoms with E-state index in [1.807, 2.05) is 6.92 Å². The van der Waals surface area contributed by atoms with Crippen LogP contribution in [-0.4, -0.2) is 46.6 Å². The third-order valence-corrected chi connectivity index (χ3v) is 5.68. The van der Waals surface area contributed by atoms with Crippen LogP contribution in [-0.2, 0) is 14.8 Å². The van der Waals surface area contributed by atoms with Crippen LogP contribution in [0.15, 0.2) is 53.6 Å². The number of nitrogens with one attached hydrogen (secondary N) is 1. The van der Waals surface area contributed by atoms with Crippen molar-refractivity contribution in [3.63, 3.8) is 0 Å². The Morgan fingerprint density at radius 2 is 1.69 bits per heavy atom. The quantitative estimate of drug-likeness (QED) is 0.471. The minimum atomic E-state index is -3.65. The maximum atomic E-state index is 12.4. The number of carbonyl (C=O) groups excluding carboxylic acids is 1. The van der Waals surface area contributed by atoms with Crippen molar-refractivity contribution in [2.75, 3.05) is 30.3 Å². The van der Waals surface area contributed by atoms with E-state index in [4.69, 9.17) is 9.47 Å². The van der Waals surface area contributed by atoms with Crippen LogP contribution in [0.25, 0.3) is 0 Å². The molecule has 2 aromatic rings. The van der Waals surface area contributed by atoms with Crippen molar-refractivity contribution in [2.45, 2.75) is 13.8 Å². The molecule has 0 radical (unpaired) electrons. The van der Waals surface area contributed by atoms with Crippen LogP contribution in [0.4, 0.5) is 5.69 Å². The number of methoxy groups -OCH3 is 1. The zero-order chi connectivity index (χ0) is 21.3. The molecular formula is C20H25N3O5S. The van der Waals surface area contributed by atoms with Crippen molar-refractivity contribution in [1.29, 1.82) is 0 Å². The highest BCUT2D eigenvalue weighted by molar-refractivity contribution is 7.92. The molecule has 0 aliphatic rings. The van der Waals surface area contributed by atoms with Gasteiger partial charge in [0.15, 0.2) is 0 Å². The number of anilines is 1. The Balaban J connectivity index is 2.05. The van der Waals surface area contributed by atoms with Gasteiger partial charge in [-0.2, -0.15) is 5.10 Å². The Morgan fingerprint density at radius 3 is 2.24 bits per heavy atom. The lowest BCUT2D eigenvalue weighted by Gasteiger charge is -2.23. The Morgan fingerprint density at radius 1 is 1.07 bits per heavy atom. The van der Waals surface area contributed by atoms with E-state index in [1.165, 1.54) is 20.2 Å². The SMILES string of the molecule is CCOc1ccc(/C=N\NC(=O)CN(c2ccc(OC)cc2)S(=O)(=O)CC)cc1. The summed E-state index contributed by atoms with van der Waals surface area (Å²) in [6.45, 7) is 3.62. The van der Waals surface area contributed by atoms with Gasteiger partial charge in [0.05, 0.1) is 31.4 Å². The first kappa shape index (κ1) is 22.2. The first-order valence-corrected chi connectivity index (χ1v) is 10.7. The van der Waals surface area contributed by atoms with Crippen molar-refractivity contribution in [3.05, 3.63) is 54.1 Å². The molecule has 1 amide bonds. The van der Waals surface area contributed by atoms with Crippen LogP contribution in [0.3, 0.4) is 0 Å². The summed E-state index contributed by atoms with van der Waals surface area (Å²) in [5.41, 5.74) is 3.50. The Bertz CT molecular complexity index is 926. The highest BCUT2D eigenvalue weighted by Gasteiger charge is 2.23. The average molecular weight is 420 g/mol. The Labute approximate surface area is 171 Å². The summed E-state index contributed by atoms with van der Waals surface area (Å²) in [4.78, 5) is 12.3. The fraction of sp³-hybridized carbons (Fsp3) is 0.300. The van der Waals surface area contributed by atoms with Gasteiger partial charge in [-0.05, 0) is 67.9 Å². The number of ether oxygens (including phenoxy) is 2. The second-order valence-corrected chi connectivity index (χ2v) is 8.08. The molecular weight excluding hydrogens is 394 g/mol. The second-order valence-electron chi connectivity index (χ2n) is 5.90. The minimum absolute atomic E-state index is 0.137. The standard InChI is InChI=1S/C20H25N3O5S/c1-4-28-19-10-6-16(7-11-19)14-21-22-20(24)15-23(29(25,26)5-2)17-8-12-18(27-3)13-9-17/h6-14H,4-5,15H2,1-3H3,(H,22,24)/b21-14-. The maximum absolute atomic E-state index is 12.4. The molecule has 0 fully saturated rings. The van der Waals surface area contributed by atoms with Crippen LogP contribution in [0, 0.1) is 0 Å². The lowest BCUT2D eigenvalue weighted by Crippen LogP contribution is -2.40. The molecule has 0 saturated carbocycles. The fourth-order valence-electron chi connectivity index (χ4n) is 2.42. The first-order valence-electron chi connectivity index (χ1n) is 9.08. The summed E-state index contributed by atoms with van der Waals surface area (Å²) in [6, 6.07) is 13.6. The molecule has 0 aromatic heterocycles. The molecule has 29 heavy (non-hydrogen) atoms. The van der Waals surface area contributed by atoms with Gasteiger partial charge in [-0.15, -0.1) is 0 Å². The summed E-state index contributed by atoms with van der Waals surface area (Å²) in [5.74, 6) is 0.641. The molecule has 0 aliphatic heterocycles. The number of nitrogens with zero attached hydrogens (tertiary/aromatic N) is 2. The fourth-order valence-corrected chi connectivity index (χ4v) is 3.48. The zero-order valence-corrected chi connectivity index (χ0v) is 17.5. The summed E-state index contributed by atoms with van der Waals surface area (Å²) in [5, 5.41) is 3.89. The van der Waals surface area contributed by atoms with Crippen molar-refractivity contribution in [2.24, 2.45) is 5.10 Å². The molecule has 2 aromatic carbocycles. The van der Waals surface area contributed by atoms with Crippen LogP contribution in [0.2, 0.25) is 0 Å². The second kappa shape index (κ2) is 10.5. The van der Waals surface area contributed by atoms with Gasteiger partial charge in [-0.25, -0.2) is 13.8 Å². The van der Waals surface area contributed by atoms with Gasteiger partial charge in [0.1, 0.15) is 18.0 Å². The normalized spacial score (nSPS) is 11.3. The smallest absolute Gasteiger partial charge is 0.260 e. The van der Waals surface area contributed by atoms with Crippen LogP contribution in [0.1, 0.15) is 19.4 Å². The van der Waals surface area contributed by atoms with E-state index in [1.54, 1.807) is 48.5 Å². The van der Waals surface area contributed by atoms with Gasteiger partial charge >= 0.3 is 0 Å². The molecule has 0 unspecified atom stereocenters. The highest BCUT2D eigenvalue weighted by Crippen LogP contribution is 2.22. The van der Waals surface area contributed by atoms with E-state index in [-0.39, 0.29) is 12.3 Å². The summed E-state index contributed by atoms with van der Waals surface area (Å²) in [7, 11) is -2.13. The molecule has 1 N–H and O–H groups in total. The van der Waals surface area contributed by atoms with Crippen LogP contribution < -0.4 is 19.2 Å². The van der Waals surface area contributed by atoms with E-state index in [2.05, 4.69) is 10.5 Å². The van der Waals surface area contributed by atoms with E-state index in [0.717, 1.165) is 15.6 Å². The third kappa shape index (κ3) is 6.49. The van der Waals surface area contributed by atoms with Crippen LogP contribution in [0.5, 0.6) is 11.5 Å². The van der Waals surface area contributed by atoms with Gasteiger partial charge in [-0.3, -0.25) is 9.10 Å². The van der Waals surface area contributed by atoms with Crippen molar-refractivity contribution < 1.29 is 22.7 Å². The van der Waals surface area contributed by atoms with Gasteiger partial charge in [-0.1, -0.05) is 0 Å². The number of benzene rings is 2. The van der Waals surface area contributed by atoms with E-state index < -0.39 is 15.9 Å². The number of amides is 1. The van der Waals surface area contributed by atoms with E-state index in [0.29, 0.717) is 18.0 Å². The van der Waals surface area contributed by atoms with Crippen LogP contribution >= 0.6 is 0 Å². The minimum Gasteiger partial charge on any atom is -0.497 e. The highest BCUT2D eigenvalue weighted by atomic mass is 32.2. The number of hydrogen-bond donors (Lipinski definition) is 1. The van der Waals surface area contributed by atoms with Crippen molar-refractivity contribution in [1.82, 2.24) is 5.43 Å². The molecule has 156 valence electrons. The number of hydrogen-bond acceptors (Lipinski definition) is 6. The number of hydrazone groups is 1. The largest absolute Gasteiger partial charge is 0.497 e. The molecule has 0 spiro atoms. The predicted octanol–water partition coefficient (Wildman–Crippen LogP) is 2.40. The molecule has 0 aliphatic carbocycles. The monoisotopic (exact) mass is 419 g/mol. The third-order valence-electron chi connectivity index (χ3n) is 3.94. The summed E-state index contributed by atoms with van der Waals surface area (Å²) < 4.78 is 36.4. The molecule has 0 bridgehead atoms. The summed E-state index contributed by atoms with van der Waals surface area (Å²) in [6.07, 6.45) is 1.47. The Hall–Kier alpha value is -3.07. The number of rotatable bonds is 10. The molecule has 2 rings (SSSR count). The lowest BCUT2D eigenvalue weighted by atomic mass is 10.2. The number of carbonyl (C=O) groups is 1. The van der Waals surface area contributed by atoms with Crippen molar-refractivity contribution >= 4 is 27.8 Å². The molecule has 0 heterocycles. The lowest BCUT2D eigenvalue weighted by molar-refractivity contribution is -0.119. The first-order chi connectivity index (χ1) is 13.9. The zero-order valence-electron chi connectivity index (χ0n) is 16.7. The van der Waals surface area contributed by atoms with Crippen molar-refractivity contribution in [3.8, 4) is 11.5 Å². The molecule has 9 heteroatoms. The average Bonchev–Trinajstić information content (AvgIpc) is 2.73. The van der Waals surface area contributed by atoms with Gasteiger partial charge in [0.2, 0.25) is 10.0 Å². The molecule has 0 saturated heterocycles. The van der Waals surface area contributed by atoms with Gasteiger partial charge in [0.25, 0.3) is 5.91 Å². The maximum Gasteiger partial charge on any atom is 0.260 e. The number of sulfonamides is 1. The van der Waals surface area contributed by atoms with E-state index >= 15 is 0 Å².